The lowest BCUT2D eigenvalue weighted by molar-refractivity contribution is 0.306. The molecule has 4 aromatic rings. The number of anilines is 2. The van der Waals surface area contributed by atoms with Gasteiger partial charge in [0.1, 0.15) is 30.3 Å². The van der Waals surface area contributed by atoms with Crippen LogP contribution in [0.4, 0.5) is 15.9 Å². The van der Waals surface area contributed by atoms with Gasteiger partial charge in [0, 0.05) is 36.3 Å². The van der Waals surface area contributed by atoms with Crippen molar-refractivity contribution in [1.29, 1.82) is 0 Å². The summed E-state index contributed by atoms with van der Waals surface area (Å²) in [6, 6.07) is 19.8. The molecule has 1 aromatic heterocycles. The molecule has 4 rings (SSSR count). The number of benzene rings is 3. The van der Waals surface area contributed by atoms with Gasteiger partial charge in [-0.1, -0.05) is 47.7 Å². The van der Waals surface area contributed by atoms with E-state index in [2.05, 4.69) is 50.8 Å². The largest absolute Gasteiger partial charge is 0.487 e. The molecule has 0 aliphatic rings. The third kappa shape index (κ3) is 8.22. The topological polar surface area (TPSA) is 59.1 Å². The summed E-state index contributed by atoms with van der Waals surface area (Å²) in [7, 11) is 0. The second-order valence-corrected chi connectivity index (χ2v) is 9.49. The van der Waals surface area contributed by atoms with Crippen molar-refractivity contribution >= 4 is 34.9 Å². The van der Waals surface area contributed by atoms with Gasteiger partial charge < -0.3 is 15.4 Å². The zero-order valence-corrected chi connectivity index (χ0v) is 21.9. The van der Waals surface area contributed by atoms with Crippen LogP contribution in [0, 0.1) is 17.7 Å². The molecule has 5 nitrogen and oxygen atoms in total. The Balaban J connectivity index is 1.42. The van der Waals surface area contributed by atoms with Gasteiger partial charge in [0.15, 0.2) is 0 Å². The number of ether oxygens (including phenoxy) is 1. The van der Waals surface area contributed by atoms with E-state index in [4.69, 9.17) is 16.3 Å². The molecular weight excluding hydrogens is 507 g/mol. The smallest absolute Gasteiger partial charge is 0.149 e. The Kier molecular flexibility index (Phi) is 9.78. The van der Waals surface area contributed by atoms with Gasteiger partial charge in [-0.3, -0.25) is 0 Å². The lowest BCUT2D eigenvalue weighted by Gasteiger charge is -2.11. The Morgan fingerprint density at radius 2 is 1.89 bits per heavy atom. The Labute approximate surface area is 225 Å². The lowest BCUT2D eigenvalue weighted by Crippen LogP contribution is -2.16. The highest BCUT2D eigenvalue weighted by molar-refractivity contribution is 7.98. The maximum absolute atomic E-state index is 13.4. The molecule has 0 amide bonds. The molecule has 0 atom stereocenters. The highest BCUT2D eigenvalue weighted by Crippen LogP contribution is 2.30. The van der Waals surface area contributed by atoms with Gasteiger partial charge in [0.2, 0.25) is 0 Å². The van der Waals surface area contributed by atoms with Gasteiger partial charge in [-0.05, 0) is 59.8 Å². The van der Waals surface area contributed by atoms with Crippen molar-refractivity contribution in [3.63, 3.8) is 0 Å². The van der Waals surface area contributed by atoms with E-state index in [0.29, 0.717) is 22.2 Å². The van der Waals surface area contributed by atoms with Crippen LogP contribution in [0.25, 0.3) is 0 Å². The van der Waals surface area contributed by atoms with E-state index < -0.39 is 0 Å². The number of hydrogen-bond acceptors (Lipinski definition) is 6. The predicted octanol–water partition coefficient (Wildman–Crippen LogP) is 6.44. The molecule has 0 aliphatic heterocycles. The Bertz CT molecular complexity index is 1410. The van der Waals surface area contributed by atoms with Crippen molar-refractivity contribution in [3.8, 4) is 17.6 Å². The zero-order chi connectivity index (χ0) is 25.9. The van der Waals surface area contributed by atoms with E-state index in [-0.39, 0.29) is 12.4 Å². The first-order valence-electron chi connectivity index (χ1n) is 11.6. The predicted molar refractivity (Wildman–Crippen MR) is 150 cm³/mol. The average Bonchev–Trinajstić information content (AvgIpc) is 2.90. The minimum Gasteiger partial charge on any atom is -0.487 e. The van der Waals surface area contributed by atoms with Crippen LogP contribution in [0.2, 0.25) is 5.02 Å². The van der Waals surface area contributed by atoms with Gasteiger partial charge in [-0.2, -0.15) is 11.8 Å². The van der Waals surface area contributed by atoms with Crippen molar-refractivity contribution < 1.29 is 9.13 Å². The summed E-state index contributed by atoms with van der Waals surface area (Å²) >= 11 is 8.26. The summed E-state index contributed by atoms with van der Waals surface area (Å²) in [5, 5.41) is 7.11. The van der Waals surface area contributed by atoms with E-state index in [9.17, 15) is 4.39 Å². The second kappa shape index (κ2) is 13.7. The molecule has 0 saturated heterocycles. The Hall–Kier alpha value is -3.57. The number of aromatic nitrogens is 2. The van der Waals surface area contributed by atoms with Crippen LogP contribution >= 0.6 is 23.4 Å². The van der Waals surface area contributed by atoms with Crippen LogP contribution in [0.3, 0.4) is 0 Å². The molecule has 188 valence electrons. The van der Waals surface area contributed by atoms with Gasteiger partial charge in [-0.25, -0.2) is 14.4 Å². The van der Waals surface area contributed by atoms with E-state index in [1.165, 1.54) is 24.0 Å². The minimum absolute atomic E-state index is 0.213. The number of thioether (sulfide) groups is 1. The fourth-order valence-electron chi connectivity index (χ4n) is 3.45. The first kappa shape index (κ1) is 26.5. The molecule has 0 saturated carbocycles. The lowest BCUT2D eigenvalue weighted by atomic mass is 10.1. The van der Waals surface area contributed by atoms with E-state index in [0.717, 1.165) is 35.7 Å². The van der Waals surface area contributed by atoms with Crippen LogP contribution in [0.5, 0.6) is 5.75 Å². The summed E-state index contributed by atoms with van der Waals surface area (Å²) in [4.78, 5) is 8.48. The van der Waals surface area contributed by atoms with Crippen molar-refractivity contribution in [2.45, 2.75) is 13.2 Å². The summed E-state index contributed by atoms with van der Waals surface area (Å²) in [6.07, 6.45) is 5.24. The van der Waals surface area contributed by atoms with Gasteiger partial charge >= 0.3 is 0 Å². The van der Waals surface area contributed by atoms with Crippen molar-refractivity contribution in [2.24, 2.45) is 0 Å². The Morgan fingerprint density at radius 3 is 2.73 bits per heavy atom. The van der Waals surface area contributed by atoms with Crippen molar-refractivity contribution in [2.75, 3.05) is 23.9 Å². The van der Waals surface area contributed by atoms with Crippen molar-refractivity contribution in [1.82, 2.24) is 15.3 Å². The molecule has 3 aromatic carbocycles. The van der Waals surface area contributed by atoms with E-state index in [1.807, 2.05) is 30.0 Å². The maximum Gasteiger partial charge on any atom is 0.149 e. The standard InChI is InChI=1S/C29H26ClFN4OS/c1-37-13-12-32-17-22-5-2-4-21(14-22)8-9-24-18-33-20-34-29(24)35-26-10-11-28(27(30)16-26)36-19-23-6-3-7-25(31)15-23/h2-7,10-11,14-16,18,20,32H,12-13,17,19H2,1H3,(H,33,34,35). The Morgan fingerprint density at radius 1 is 1.03 bits per heavy atom. The highest BCUT2D eigenvalue weighted by atomic mass is 35.5. The molecule has 0 unspecified atom stereocenters. The highest BCUT2D eigenvalue weighted by Gasteiger charge is 2.07. The number of halogens is 2. The van der Waals surface area contributed by atoms with Gasteiger partial charge in [-0.15, -0.1) is 0 Å². The summed E-state index contributed by atoms with van der Waals surface area (Å²) < 4.78 is 19.1. The third-order valence-corrected chi connectivity index (χ3v) is 6.18. The molecule has 0 fully saturated rings. The molecule has 2 N–H and O–H groups in total. The molecule has 0 spiro atoms. The number of nitrogens with zero attached hydrogens (tertiary/aromatic N) is 2. The average molecular weight is 533 g/mol. The monoisotopic (exact) mass is 532 g/mol. The summed E-state index contributed by atoms with van der Waals surface area (Å²) in [6.45, 7) is 1.99. The van der Waals surface area contributed by atoms with Crippen LogP contribution < -0.4 is 15.4 Å². The normalized spacial score (nSPS) is 10.5. The van der Waals surface area contributed by atoms with Gasteiger partial charge in [0.05, 0.1) is 10.6 Å². The van der Waals surface area contributed by atoms with Crippen LogP contribution in [0.1, 0.15) is 22.3 Å². The first-order chi connectivity index (χ1) is 18.1. The second-order valence-electron chi connectivity index (χ2n) is 8.09. The van der Waals surface area contributed by atoms with E-state index >= 15 is 0 Å². The fourth-order valence-corrected chi connectivity index (χ4v) is 4.03. The number of rotatable bonds is 10. The molecule has 37 heavy (non-hydrogen) atoms. The third-order valence-electron chi connectivity index (χ3n) is 5.27. The minimum atomic E-state index is -0.304. The first-order valence-corrected chi connectivity index (χ1v) is 13.4. The van der Waals surface area contributed by atoms with Gasteiger partial charge in [0.25, 0.3) is 0 Å². The van der Waals surface area contributed by atoms with E-state index in [1.54, 1.807) is 30.5 Å². The fraction of sp³-hybridized carbons (Fsp3) is 0.172. The molecule has 0 bridgehead atoms. The SMILES string of the molecule is CSCCNCc1cccc(C#Cc2cncnc2Nc2ccc(OCc3cccc(F)c3)c(Cl)c2)c1. The quantitative estimate of drug-likeness (QED) is 0.181. The zero-order valence-electron chi connectivity index (χ0n) is 20.3. The van der Waals surface area contributed by atoms with Crippen LogP contribution in [-0.4, -0.2) is 28.5 Å². The summed E-state index contributed by atoms with van der Waals surface area (Å²) in [5.74, 6) is 8.24. The molecular formula is C29H26ClFN4OS. The van der Waals surface area contributed by atoms with Crippen LogP contribution in [-0.2, 0) is 13.2 Å². The summed E-state index contributed by atoms with van der Waals surface area (Å²) in [5.41, 5.74) is 4.21. The number of nitrogens with one attached hydrogen (secondary N) is 2. The molecule has 0 aliphatic carbocycles. The maximum atomic E-state index is 13.4. The molecule has 1 heterocycles. The van der Waals surface area contributed by atoms with Crippen LogP contribution in [0.15, 0.2) is 79.3 Å². The number of hydrogen-bond donors (Lipinski definition) is 2. The molecule has 8 heteroatoms. The van der Waals surface area contributed by atoms with Crippen molar-refractivity contribution in [3.05, 3.63) is 112 Å². The molecule has 0 radical (unpaired) electrons.